The molecule has 2 aromatic heterocycles. The highest BCUT2D eigenvalue weighted by Crippen LogP contribution is 2.26. The molecule has 0 bridgehead atoms. The third-order valence-corrected chi connectivity index (χ3v) is 4.44. The smallest absolute Gasteiger partial charge is 0.322 e. The molecule has 2 aromatic rings. The van der Waals surface area contributed by atoms with Gasteiger partial charge in [-0.05, 0) is 30.5 Å². The van der Waals surface area contributed by atoms with E-state index in [0.29, 0.717) is 18.9 Å². The minimum Gasteiger partial charge on any atom is -0.393 e. The maximum atomic E-state index is 12.3. The molecule has 7 heteroatoms. The van der Waals surface area contributed by atoms with Crippen molar-refractivity contribution in [3.63, 3.8) is 0 Å². The lowest BCUT2D eigenvalue weighted by Gasteiger charge is -2.23. The lowest BCUT2D eigenvalue weighted by Crippen LogP contribution is -2.37. The van der Waals surface area contributed by atoms with Crippen LogP contribution in [0.1, 0.15) is 24.8 Å². The number of aromatic nitrogens is 3. The van der Waals surface area contributed by atoms with Gasteiger partial charge < -0.3 is 10.0 Å². The number of hydrogen-bond acceptors (Lipinski definition) is 4. The van der Waals surface area contributed by atoms with Crippen LogP contribution in [0.15, 0.2) is 36.8 Å². The van der Waals surface area contributed by atoms with E-state index >= 15 is 0 Å². The first-order chi connectivity index (χ1) is 11.6. The van der Waals surface area contributed by atoms with Gasteiger partial charge in [0.1, 0.15) is 0 Å². The van der Waals surface area contributed by atoms with Gasteiger partial charge in [-0.1, -0.05) is 6.42 Å². The highest BCUT2D eigenvalue weighted by atomic mass is 16.3. The summed E-state index contributed by atoms with van der Waals surface area (Å²) in [5.41, 5.74) is 1.10. The second-order valence-electron chi connectivity index (χ2n) is 6.32. The molecule has 1 aliphatic rings. The normalized spacial score (nSPS) is 20.1. The SMILES string of the molecule is CN(C[C@H]1CCC[C@@H]1O)C(=O)Nc1ccn(Cc2ccncc2)n1. The van der Waals surface area contributed by atoms with Crippen molar-refractivity contribution >= 4 is 11.8 Å². The minimum atomic E-state index is -0.292. The Morgan fingerprint density at radius 3 is 2.88 bits per heavy atom. The number of carbonyl (C=O) groups is 1. The molecule has 2 N–H and O–H groups in total. The van der Waals surface area contributed by atoms with Crippen molar-refractivity contribution in [2.24, 2.45) is 5.92 Å². The molecule has 24 heavy (non-hydrogen) atoms. The average Bonchev–Trinajstić information content (AvgIpc) is 3.18. The van der Waals surface area contributed by atoms with E-state index in [1.807, 2.05) is 18.3 Å². The summed E-state index contributed by atoms with van der Waals surface area (Å²) in [4.78, 5) is 17.9. The summed E-state index contributed by atoms with van der Waals surface area (Å²) in [5, 5.41) is 17.0. The fraction of sp³-hybridized carbons (Fsp3) is 0.471. The molecule has 0 saturated heterocycles. The summed E-state index contributed by atoms with van der Waals surface area (Å²) in [5.74, 6) is 0.692. The van der Waals surface area contributed by atoms with Crippen molar-refractivity contribution in [2.45, 2.75) is 31.9 Å². The first-order valence-electron chi connectivity index (χ1n) is 8.24. The van der Waals surface area contributed by atoms with E-state index in [1.54, 1.807) is 35.1 Å². The van der Waals surface area contributed by atoms with Crippen molar-refractivity contribution in [3.05, 3.63) is 42.4 Å². The lowest BCUT2D eigenvalue weighted by molar-refractivity contribution is 0.116. The van der Waals surface area contributed by atoms with Crippen LogP contribution in [-0.4, -0.2) is 50.5 Å². The van der Waals surface area contributed by atoms with Crippen LogP contribution in [0.3, 0.4) is 0 Å². The molecule has 2 heterocycles. The van der Waals surface area contributed by atoms with Gasteiger partial charge in [0, 0.05) is 44.2 Å². The van der Waals surface area contributed by atoms with Gasteiger partial charge in [-0.25, -0.2) is 4.79 Å². The Labute approximate surface area is 141 Å². The summed E-state index contributed by atoms with van der Waals surface area (Å²) in [6, 6.07) is 5.43. The Hall–Kier alpha value is -2.41. The first kappa shape index (κ1) is 16.4. The number of aliphatic hydroxyl groups is 1. The van der Waals surface area contributed by atoms with Crippen LogP contribution in [0.2, 0.25) is 0 Å². The summed E-state index contributed by atoms with van der Waals surface area (Å²) in [6.45, 7) is 1.19. The fourth-order valence-corrected chi connectivity index (χ4v) is 3.06. The van der Waals surface area contributed by atoms with Crippen molar-refractivity contribution in [3.8, 4) is 0 Å². The highest BCUT2D eigenvalue weighted by molar-refractivity contribution is 5.88. The molecule has 0 aliphatic heterocycles. The van der Waals surface area contributed by atoms with Crippen molar-refractivity contribution in [1.82, 2.24) is 19.7 Å². The number of rotatable bonds is 5. The zero-order chi connectivity index (χ0) is 16.9. The van der Waals surface area contributed by atoms with Gasteiger partial charge in [-0.2, -0.15) is 5.10 Å². The summed E-state index contributed by atoms with van der Waals surface area (Å²) < 4.78 is 1.77. The quantitative estimate of drug-likeness (QED) is 0.878. The molecular weight excluding hydrogens is 306 g/mol. The summed E-state index contributed by atoms with van der Waals surface area (Å²) in [7, 11) is 1.74. The van der Waals surface area contributed by atoms with Gasteiger partial charge in [0.05, 0.1) is 12.6 Å². The number of nitrogens with zero attached hydrogens (tertiary/aromatic N) is 4. The molecule has 1 saturated carbocycles. The predicted octanol–water partition coefficient (Wildman–Crippen LogP) is 1.95. The first-order valence-corrected chi connectivity index (χ1v) is 8.24. The zero-order valence-corrected chi connectivity index (χ0v) is 13.8. The summed E-state index contributed by atoms with van der Waals surface area (Å²) in [6.07, 6.45) is 7.86. The van der Waals surface area contributed by atoms with Gasteiger partial charge in [0.25, 0.3) is 0 Å². The number of urea groups is 1. The molecule has 2 amide bonds. The van der Waals surface area contributed by atoms with Crippen LogP contribution in [0, 0.1) is 5.92 Å². The number of carbonyl (C=O) groups excluding carboxylic acids is 1. The number of nitrogens with one attached hydrogen (secondary N) is 1. The molecule has 3 rings (SSSR count). The molecular formula is C17H23N5O2. The largest absolute Gasteiger partial charge is 0.393 e. The van der Waals surface area contributed by atoms with Gasteiger partial charge in [-0.15, -0.1) is 0 Å². The van der Waals surface area contributed by atoms with Crippen molar-refractivity contribution in [1.29, 1.82) is 0 Å². The van der Waals surface area contributed by atoms with Crippen LogP contribution < -0.4 is 5.32 Å². The molecule has 1 fully saturated rings. The molecule has 0 radical (unpaired) electrons. The molecule has 1 aliphatic carbocycles. The second kappa shape index (κ2) is 7.44. The number of amides is 2. The van der Waals surface area contributed by atoms with E-state index in [1.165, 1.54) is 0 Å². The molecule has 128 valence electrons. The maximum absolute atomic E-state index is 12.3. The second-order valence-corrected chi connectivity index (χ2v) is 6.32. The van der Waals surface area contributed by atoms with E-state index in [2.05, 4.69) is 15.4 Å². The Morgan fingerprint density at radius 1 is 1.38 bits per heavy atom. The van der Waals surface area contributed by atoms with Crippen LogP contribution >= 0.6 is 0 Å². The van der Waals surface area contributed by atoms with E-state index in [9.17, 15) is 9.90 Å². The molecule has 0 unspecified atom stereocenters. The van der Waals surface area contributed by atoms with Crippen LogP contribution in [0.4, 0.5) is 10.6 Å². The predicted molar refractivity (Wildman–Crippen MR) is 90.6 cm³/mol. The van der Waals surface area contributed by atoms with Crippen LogP contribution in [0.25, 0.3) is 0 Å². The Bertz CT molecular complexity index is 673. The Kier molecular flexibility index (Phi) is 5.10. The topological polar surface area (TPSA) is 83.3 Å². The lowest BCUT2D eigenvalue weighted by atomic mass is 10.1. The zero-order valence-electron chi connectivity index (χ0n) is 13.8. The third kappa shape index (κ3) is 4.11. The van der Waals surface area contributed by atoms with Gasteiger partial charge in [0.2, 0.25) is 0 Å². The summed E-state index contributed by atoms with van der Waals surface area (Å²) >= 11 is 0. The standard InChI is InChI=1S/C17H23N5O2/c1-21(12-14-3-2-4-15(14)23)17(24)19-16-7-10-22(20-16)11-13-5-8-18-9-6-13/h5-10,14-15,23H,2-4,11-12H2,1H3,(H,19,20,24)/t14-,15+/m1/s1. The number of hydrogen-bond donors (Lipinski definition) is 2. The molecule has 0 spiro atoms. The fourth-order valence-electron chi connectivity index (χ4n) is 3.06. The van der Waals surface area contributed by atoms with E-state index in [4.69, 9.17) is 0 Å². The van der Waals surface area contributed by atoms with E-state index < -0.39 is 0 Å². The number of aliphatic hydroxyl groups excluding tert-OH is 1. The van der Waals surface area contributed by atoms with Crippen LogP contribution in [0.5, 0.6) is 0 Å². The minimum absolute atomic E-state index is 0.171. The van der Waals surface area contributed by atoms with Gasteiger partial charge in [-0.3, -0.25) is 15.0 Å². The number of anilines is 1. The molecule has 2 atom stereocenters. The Morgan fingerprint density at radius 2 is 2.17 bits per heavy atom. The Balaban J connectivity index is 1.53. The van der Waals surface area contributed by atoms with Crippen LogP contribution in [-0.2, 0) is 6.54 Å². The van der Waals surface area contributed by atoms with E-state index in [0.717, 1.165) is 24.8 Å². The van der Waals surface area contributed by atoms with Crippen molar-refractivity contribution < 1.29 is 9.90 Å². The van der Waals surface area contributed by atoms with Gasteiger partial charge >= 0.3 is 6.03 Å². The highest BCUT2D eigenvalue weighted by Gasteiger charge is 2.27. The van der Waals surface area contributed by atoms with Gasteiger partial charge in [0.15, 0.2) is 5.82 Å². The van der Waals surface area contributed by atoms with Crippen molar-refractivity contribution in [2.75, 3.05) is 18.9 Å². The third-order valence-electron chi connectivity index (χ3n) is 4.44. The molecule has 0 aromatic carbocycles. The van der Waals surface area contributed by atoms with E-state index in [-0.39, 0.29) is 18.1 Å². The molecule has 7 nitrogen and oxygen atoms in total. The maximum Gasteiger partial charge on any atom is 0.322 e. The monoisotopic (exact) mass is 329 g/mol. The number of pyridine rings is 1. The average molecular weight is 329 g/mol.